The van der Waals surface area contributed by atoms with E-state index in [-0.39, 0.29) is 18.0 Å². The van der Waals surface area contributed by atoms with E-state index in [1.807, 2.05) is 20.8 Å². The Morgan fingerprint density at radius 2 is 1.91 bits per heavy atom. The highest BCUT2D eigenvalue weighted by atomic mass is 16.2. The SMILES string of the molecule is Cc1cnccc1NC(=O)c1cccc(NC(=O)NC(C)C)c1. The van der Waals surface area contributed by atoms with Crippen molar-refractivity contribution in [1.29, 1.82) is 0 Å². The number of rotatable bonds is 4. The average molecular weight is 312 g/mol. The number of anilines is 2. The molecule has 1 aromatic carbocycles. The van der Waals surface area contributed by atoms with Crippen molar-refractivity contribution in [3.8, 4) is 0 Å². The fraction of sp³-hybridized carbons (Fsp3) is 0.235. The first-order valence-electron chi connectivity index (χ1n) is 7.35. The lowest BCUT2D eigenvalue weighted by molar-refractivity contribution is 0.102. The molecule has 2 aromatic rings. The zero-order chi connectivity index (χ0) is 16.8. The second-order valence-corrected chi connectivity index (χ2v) is 5.48. The van der Waals surface area contributed by atoms with Gasteiger partial charge in [-0.15, -0.1) is 0 Å². The number of pyridine rings is 1. The third-order valence-corrected chi connectivity index (χ3v) is 3.07. The van der Waals surface area contributed by atoms with E-state index in [9.17, 15) is 9.59 Å². The molecule has 6 heteroatoms. The molecule has 0 spiro atoms. The number of nitrogens with zero attached hydrogens (tertiary/aromatic N) is 1. The number of carbonyl (C=O) groups excluding carboxylic acids is 2. The number of amides is 3. The summed E-state index contributed by atoms with van der Waals surface area (Å²) in [5.74, 6) is -0.243. The van der Waals surface area contributed by atoms with E-state index in [1.54, 1.807) is 42.7 Å². The van der Waals surface area contributed by atoms with E-state index in [2.05, 4.69) is 20.9 Å². The van der Waals surface area contributed by atoms with Gasteiger partial charge in [-0.1, -0.05) is 6.07 Å². The molecule has 0 aliphatic carbocycles. The zero-order valence-corrected chi connectivity index (χ0v) is 13.4. The molecule has 0 radical (unpaired) electrons. The maximum Gasteiger partial charge on any atom is 0.319 e. The minimum absolute atomic E-state index is 0.0381. The Kier molecular flexibility index (Phi) is 5.30. The van der Waals surface area contributed by atoms with Crippen LogP contribution in [0.25, 0.3) is 0 Å². The van der Waals surface area contributed by atoms with E-state index < -0.39 is 0 Å². The van der Waals surface area contributed by atoms with Gasteiger partial charge < -0.3 is 16.0 Å². The molecule has 0 bridgehead atoms. The van der Waals surface area contributed by atoms with Crippen LogP contribution in [-0.4, -0.2) is 23.0 Å². The van der Waals surface area contributed by atoms with Crippen molar-refractivity contribution in [2.45, 2.75) is 26.8 Å². The van der Waals surface area contributed by atoms with Crippen LogP contribution in [0, 0.1) is 6.92 Å². The number of aromatic nitrogens is 1. The maximum absolute atomic E-state index is 12.3. The Morgan fingerprint density at radius 3 is 2.61 bits per heavy atom. The summed E-state index contributed by atoms with van der Waals surface area (Å²) in [7, 11) is 0. The predicted octanol–water partition coefficient (Wildman–Crippen LogP) is 3.17. The van der Waals surface area contributed by atoms with Crippen LogP contribution in [0.3, 0.4) is 0 Å². The molecule has 0 saturated heterocycles. The van der Waals surface area contributed by atoms with Crippen molar-refractivity contribution in [2.75, 3.05) is 10.6 Å². The molecular formula is C17H20N4O2. The Hall–Kier alpha value is -2.89. The molecule has 0 atom stereocenters. The first-order chi connectivity index (χ1) is 11.0. The molecule has 1 heterocycles. The van der Waals surface area contributed by atoms with Crippen LogP contribution in [-0.2, 0) is 0 Å². The van der Waals surface area contributed by atoms with Crippen LogP contribution in [0.15, 0.2) is 42.7 Å². The van der Waals surface area contributed by atoms with Crippen molar-refractivity contribution < 1.29 is 9.59 Å². The number of urea groups is 1. The van der Waals surface area contributed by atoms with Gasteiger partial charge in [0.25, 0.3) is 5.91 Å². The third kappa shape index (κ3) is 4.81. The summed E-state index contributed by atoms with van der Waals surface area (Å²) in [6.07, 6.45) is 3.31. The molecule has 3 N–H and O–H groups in total. The molecule has 6 nitrogen and oxygen atoms in total. The summed E-state index contributed by atoms with van der Waals surface area (Å²) >= 11 is 0. The van der Waals surface area contributed by atoms with Gasteiger partial charge in [0.15, 0.2) is 0 Å². The highest BCUT2D eigenvalue weighted by Crippen LogP contribution is 2.15. The highest BCUT2D eigenvalue weighted by molar-refractivity contribution is 6.05. The molecule has 0 unspecified atom stereocenters. The summed E-state index contributed by atoms with van der Waals surface area (Å²) < 4.78 is 0. The number of hydrogen-bond donors (Lipinski definition) is 3. The third-order valence-electron chi connectivity index (χ3n) is 3.07. The Morgan fingerprint density at radius 1 is 1.13 bits per heavy atom. The minimum Gasteiger partial charge on any atom is -0.336 e. The second-order valence-electron chi connectivity index (χ2n) is 5.48. The number of carbonyl (C=O) groups is 2. The van der Waals surface area contributed by atoms with Crippen LogP contribution >= 0.6 is 0 Å². The van der Waals surface area contributed by atoms with Crippen LogP contribution in [0.4, 0.5) is 16.2 Å². The van der Waals surface area contributed by atoms with Crippen LogP contribution in [0.5, 0.6) is 0 Å². The molecule has 2 rings (SSSR count). The summed E-state index contributed by atoms with van der Waals surface area (Å²) in [4.78, 5) is 28.0. The Labute approximate surface area is 135 Å². The van der Waals surface area contributed by atoms with Gasteiger partial charge in [0.1, 0.15) is 0 Å². The molecule has 3 amide bonds. The lowest BCUT2D eigenvalue weighted by Crippen LogP contribution is -2.34. The van der Waals surface area contributed by atoms with Crippen molar-refractivity contribution in [3.63, 3.8) is 0 Å². The lowest BCUT2D eigenvalue weighted by atomic mass is 10.1. The van der Waals surface area contributed by atoms with Crippen LogP contribution in [0.1, 0.15) is 29.8 Å². The molecule has 0 aliphatic rings. The average Bonchev–Trinajstić information content (AvgIpc) is 2.49. The van der Waals surface area contributed by atoms with Crippen molar-refractivity contribution in [1.82, 2.24) is 10.3 Å². The fourth-order valence-corrected chi connectivity index (χ4v) is 1.98. The minimum atomic E-state index is -0.303. The smallest absolute Gasteiger partial charge is 0.319 e. The first-order valence-corrected chi connectivity index (χ1v) is 7.35. The maximum atomic E-state index is 12.3. The van der Waals surface area contributed by atoms with Gasteiger partial charge >= 0.3 is 6.03 Å². The van der Waals surface area contributed by atoms with E-state index in [0.29, 0.717) is 16.9 Å². The Bertz CT molecular complexity index is 713. The zero-order valence-electron chi connectivity index (χ0n) is 13.4. The lowest BCUT2D eigenvalue weighted by Gasteiger charge is -2.11. The largest absolute Gasteiger partial charge is 0.336 e. The molecule has 120 valence electrons. The monoisotopic (exact) mass is 312 g/mol. The quantitative estimate of drug-likeness (QED) is 0.811. The van der Waals surface area contributed by atoms with Gasteiger partial charge in [-0.2, -0.15) is 0 Å². The van der Waals surface area contributed by atoms with Gasteiger partial charge in [0.05, 0.1) is 0 Å². The van der Waals surface area contributed by atoms with E-state index >= 15 is 0 Å². The molecule has 0 aliphatic heterocycles. The van der Waals surface area contributed by atoms with E-state index in [4.69, 9.17) is 0 Å². The molecule has 0 fully saturated rings. The summed E-state index contributed by atoms with van der Waals surface area (Å²) in [5, 5.41) is 8.27. The van der Waals surface area contributed by atoms with E-state index in [1.165, 1.54) is 0 Å². The molecule has 0 saturated carbocycles. The van der Waals surface area contributed by atoms with Crippen molar-refractivity contribution in [2.24, 2.45) is 0 Å². The fourth-order valence-electron chi connectivity index (χ4n) is 1.98. The van der Waals surface area contributed by atoms with Gasteiger partial charge in [0, 0.05) is 35.4 Å². The normalized spacial score (nSPS) is 10.3. The molecular weight excluding hydrogens is 292 g/mol. The van der Waals surface area contributed by atoms with Crippen molar-refractivity contribution in [3.05, 3.63) is 53.9 Å². The second kappa shape index (κ2) is 7.40. The summed E-state index contributed by atoms with van der Waals surface area (Å²) in [6.45, 7) is 5.62. The highest BCUT2D eigenvalue weighted by Gasteiger charge is 2.09. The number of aryl methyl sites for hydroxylation is 1. The van der Waals surface area contributed by atoms with Crippen LogP contribution in [0.2, 0.25) is 0 Å². The van der Waals surface area contributed by atoms with Crippen molar-refractivity contribution >= 4 is 23.3 Å². The van der Waals surface area contributed by atoms with Gasteiger partial charge in [0.2, 0.25) is 0 Å². The molecule has 1 aromatic heterocycles. The number of hydrogen-bond acceptors (Lipinski definition) is 3. The van der Waals surface area contributed by atoms with E-state index in [0.717, 1.165) is 5.56 Å². The molecule has 23 heavy (non-hydrogen) atoms. The Balaban J connectivity index is 2.08. The first kappa shape index (κ1) is 16.5. The summed E-state index contributed by atoms with van der Waals surface area (Å²) in [6, 6.07) is 8.25. The van der Waals surface area contributed by atoms with Gasteiger partial charge in [-0.25, -0.2) is 4.79 Å². The van der Waals surface area contributed by atoms with Gasteiger partial charge in [-0.05, 0) is 50.6 Å². The predicted molar refractivity (Wildman–Crippen MR) is 90.7 cm³/mol. The topological polar surface area (TPSA) is 83.1 Å². The standard InChI is InChI=1S/C17H20N4O2/c1-11(2)19-17(23)20-14-6-4-5-13(9-14)16(22)21-15-7-8-18-10-12(15)3/h4-11H,1-3H3,(H,18,21,22)(H2,19,20,23). The number of benzene rings is 1. The van der Waals surface area contributed by atoms with Gasteiger partial charge in [-0.3, -0.25) is 9.78 Å². The number of nitrogens with one attached hydrogen (secondary N) is 3. The van der Waals surface area contributed by atoms with Crippen LogP contribution < -0.4 is 16.0 Å². The summed E-state index contributed by atoms with van der Waals surface area (Å²) in [5.41, 5.74) is 2.61.